The summed E-state index contributed by atoms with van der Waals surface area (Å²) in [5.74, 6) is -0.159. The van der Waals surface area contributed by atoms with Gasteiger partial charge in [0.15, 0.2) is 0 Å². The van der Waals surface area contributed by atoms with Crippen molar-refractivity contribution in [1.29, 1.82) is 0 Å². The van der Waals surface area contributed by atoms with Crippen molar-refractivity contribution in [2.45, 2.75) is 6.42 Å². The average Bonchev–Trinajstić information content (AvgIpc) is 2.83. The van der Waals surface area contributed by atoms with Gasteiger partial charge in [-0.1, -0.05) is 11.3 Å². The molecule has 5 nitrogen and oxygen atoms in total. The molecule has 0 N–H and O–H groups in total. The van der Waals surface area contributed by atoms with Gasteiger partial charge in [-0.2, -0.15) is 0 Å². The molecule has 7 heteroatoms. The molecule has 0 fully saturated rings. The van der Waals surface area contributed by atoms with Crippen LogP contribution in [0.15, 0.2) is 24.5 Å². The third-order valence-corrected chi connectivity index (χ3v) is 3.42. The fourth-order valence-electron chi connectivity index (χ4n) is 1.40. The van der Waals surface area contributed by atoms with Crippen molar-refractivity contribution in [1.82, 2.24) is 20.1 Å². The Morgan fingerprint density at radius 1 is 1.39 bits per heavy atom. The van der Waals surface area contributed by atoms with E-state index in [9.17, 15) is 4.79 Å². The van der Waals surface area contributed by atoms with Crippen LogP contribution in [0, 0.1) is 0 Å². The Labute approximate surface area is 113 Å². The molecule has 0 unspecified atom stereocenters. The molecule has 0 aliphatic carbocycles. The molecule has 0 atom stereocenters. The van der Waals surface area contributed by atoms with E-state index in [1.165, 1.54) is 0 Å². The van der Waals surface area contributed by atoms with E-state index in [1.54, 1.807) is 24.3 Å². The van der Waals surface area contributed by atoms with Crippen molar-refractivity contribution in [3.05, 3.63) is 39.6 Å². The third kappa shape index (κ3) is 3.24. The van der Waals surface area contributed by atoms with Crippen LogP contribution in [0.1, 0.15) is 15.4 Å². The first-order valence-corrected chi connectivity index (χ1v) is 6.49. The minimum absolute atomic E-state index is 0.159. The van der Waals surface area contributed by atoms with E-state index >= 15 is 0 Å². The standard InChI is InChI=1S/C11H11ClN4OS/c1-16(7-4-8-2-5-13-6-3-8)10(17)9-14-15-11(12)18-9/h2-3,5-6H,4,7H2,1H3. The van der Waals surface area contributed by atoms with Crippen molar-refractivity contribution in [3.8, 4) is 0 Å². The van der Waals surface area contributed by atoms with Gasteiger partial charge in [-0.3, -0.25) is 9.78 Å². The molecule has 0 aliphatic heterocycles. The van der Waals surface area contributed by atoms with Gasteiger partial charge in [0.2, 0.25) is 9.47 Å². The topological polar surface area (TPSA) is 59.0 Å². The van der Waals surface area contributed by atoms with Gasteiger partial charge in [-0.05, 0) is 35.7 Å². The lowest BCUT2D eigenvalue weighted by Gasteiger charge is -2.15. The van der Waals surface area contributed by atoms with Gasteiger partial charge < -0.3 is 4.90 Å². The second kappa shape index (κ2) is 5.88. The van der Waals surface area contributed by atoms with Crippen LogP contribution in [0.2, 0.25) is 4.47 Å². The zero-order chi connectivity index (χ0) is 13.0. The maximum absolute atomic E-state index is 11.9. The summed E-state index contributed by atoms with van der Waals surface area (Å²) in [5.41, 5.74) is 1.14. The SMILES string of the molecule is CN(CCc1ccncc1)C(=O)c1nnc(Cl)s1. The zero-order valence-corrected chi connectivity index (χ0v) is 11.3. The molecule has 2 rings (SSSR count). The average molecular weight is 283 g/mol. The lowest BCUT2D eigenvalue weighted by molar-refractivity contribution is 0.0795. The number of amides is 1. The summed E-state index contributed by atoms with van der Waals surface area (Å²) in [5, 5.41) is 7.66. The fraction of sp³-hybridized carbons (Fsp3) is 0.273. The van der Waals surface area contributed by atoms with Crippen molar-refractivity contribution < 1.29 is 4.79 Å². The normalized spacial score (nSPS) is 10.3. The molecule has 0 bridgehead atoms. The first-order chi connectivity index (χ1) is 8.66. The number of likely N-dealkylation sites (N-methyl/N-ethyl adjacent to an activating group) is 1. The number of aromatic nitrogens is 3. The summed E-state index contributed by atoms with van der Waals surface area (Å²) >= 11 is 6.74. The van der Waals surface area contributed by atoms with E-state index in [0.717, 1.165) is 23.3 Å². The Morgan fingerprint density at radius 3 is 2.72 bits per heavy atom. The molecule has 94 valence electrons. The van der Waals surface area contributed by atoms with Gasteiger partial charge in [-0.15, -0.1) is 10.2 Å². The molecule has 0 aliphatic rings. The molecule has 0 aromatic carbocycles. The van der Waals surface area contributed by atoms with Crippen LogP contribution in [0.5, 0.6) is 0 Å². The van der Waals surface area contributed by atoms with Crippen LogP contribution in [0.3, 0.4) is 0 Å². The number of carbonyl (C=O) groups excluding carboxylic acids is 1. The second-order valence-corrected chi connectivity index (χ2v) is 5.25. The molecule has 1 amide bonds. The van der Waals surface area contributed by atoms with Crippen molar-refractivity contribution in [2.24, 2.45) is 0 Å². The Hall–Kier alpha value is -1.53. The largest absolute Gasteiger partial charge is 0.339 e. The third-order valence-electron chi connectivity index (χ3n) is 2.42. The first-order valence-electron chi connectivity index (χ1n) is 5.30. The van der Waals surface area contributed by atoms with Gasteiger partial charge in [0.25, 0.3) is 5.91 Å². The molecule has 2 aromatic rings. The van der Waals surface area contributed by atoms with E-state index in [2.05, 4.69) is 15.2 Å². The second-order valence-electron chi connectivity index (χ2n) is 3.69. The number of rotatable bonds is 4. The summed E-state index contributed by atoms with van der Waals surface area (Å²) < 4.78 is 0.279. The maximum atomic E-state index is 11.9. The Morgan fingerprint density at radius 2 is 2.11 bits per heavy atom. The van der Waals surface area contributed by atoms with Gasteiger partial charge >= 0.3 is 0 Å². The number of nitrogens with zero attached hydrogens (tertiary/aromatic N) is 4. The van der Waals surface area contributed by atoms with Gasteiger partial charge in [0, 0.05) is 26.0 Å². The zero-order valence-electron chi connectivity index (χ0n) is 9.71. The van der Waals surface area contributed by atoms with E-state index in [4.69, 9.17) is 11.6 Å². The number of hydrogen-bond acceptors (Lipinski definition) is 5. The summed E-state index contributed by atoms with van der Waals surface area (Å²) in [6.07, 6.45) is 4.25. The van der Waals surface area contributed by atoms with Crippen LogP contribution in [0.4, 0.5) is 0 Å². The monoisotopic (exact) mass is 282 g/mol. The predicted molar refractivity (Wildman–Crippen MR) is 69.8 cm³/mol. The van der Waals surface area contributed by atoms with E-state index < -0.39 is 0 Å². The molecule has 0 radical (unpaired) electrons. The highest BCUT2D eigenvalue weighted by Crippen LogP contribution is 2.16. The number of carbonyl (C=O) groups is 1. The molecular weight excluding hydrogens is 272 g/mol. The summed E-state index contributed by atoms with van der Waals surface area (Å²) in [6.45, 7) is 0.611. The van der Waals surface area contributed by atoms with Crippen LogP contribution in [-0.4, -0.2) is 39.6 Å². The molecule has 18 heavy (non-hydrogen) atoms. The van der Waals surface area contributed by atoms with Crippen LogP contribution >= 0.6 is 22.9 Å². The summed E-state index contributed by atoms with van der Waals surface area (Å²) in [4.78, 5) is 17.5. The van der Waals surface area contributed by atoms with E-state index in [0.29, 0.717) is 11.6 Å². The van der Waals surface area contributed by atoms with E-state index in [1.807, 2.05) is 12.1 Å². The summed E-state index contributed by atoms with van der Waals surface area (Å²) in [6, 6.07) is 3.86. The van der Waals surface area contributed by atoms with Crippen molar-refractivity contribution in [2.75, 3.05) is 13.6 Å². The number of halogens is 1. The molecular formula is C11H11ClN4OS. The van der Waals surface area contributed by atoms with E-state index in [-0.39, 0.29) is 10.4 Å². The molecule has 0 saturated heterocycles. The lowest BCUT2D eigenvalue weighted by atomic mass is 10.2. The number of hydrogen-bond donors (Lipinski definition) is 0. The highest BCUT2D eigenvalue weighted by atomic mass is 35.5. The van der Waals surface area contributed by atoms with Crippen molar-refractivity contribution >= 4 is 28.8 Å². The minimum Gasteiger partial charge on any atom is -0.339 e. The Kier molecular flexibility index (Phi) is 4.22. The lowest BCUT2D eigenvalue weighted by Crippen LogP contribution is -2.28. The quantitative estimate of drug-likeness (QED) is 0.859. The summed E-state index contributed by atoms with van der Waals surface area (Å²) in [7, 11) is 1.73. The van der Waals surface area contributed by atoms with Gasteiger partial charge in [0.05, 0.1) is 0 Å². The molecule has 0 saturated carbocycles. The van der Waals surface area contributed by atoms with Crippen LogP contribution in [0.25, 0.3) is 0 Å². The molecule has 0 spiro atoms. The van der Waals surface area contributed by atoms with Gasteiger partial charge in [-0.25, -0.2) is 0 Å². The smallest absolute Gasteiger partial charge is 0.284 e. The highest BCUT2D eigenvalue weighted by Gasteiger charge is 2.16. The number of pyridine rings is 1. The molecule has 2 heterocycles. The van der Waals surface area contributed by atoms with Crippen LogP contribution < -0.4 is 0 Å². The highest BCUT2D eigenvalue weighted by molar-refractivity contribution is 7.17. The predicted octanol–water partition coefficient (Wildman–Crippen LogP) is 1.90. The van der Waals surface area contributed by atoms with Gasteiger partial charge in [0.1, 0.15) is 0 Å². The molecule has 2 aromatic heterocycles. The van der Waals surface area contributed by atoms with Crippen LogP contribution in [-0.2, 0) is 6.42 Å². The van der Waals surface area contributed by atoms with Crippen molar-refractivity contribution in [3.63, 3.8) is 0 Å². The fourth-order valence-corrected chi connectivity index (χ4v) is 2.23. The first kappa shape index (κ1) is 12.9. The Bertz CT molecular complexity index is 531. The minimum atomic E-state index is -0.159. The Balaban J connectivity index is 1.92. The maximum Gasteiger partial charge on any atom is 0.284 e.